The number of ether oxygens (including phenoxy) is 2. The first-order valence-electron chi connectivity index (χ1n) is 9.31. The molecule has 0 saturated carbocycles. The average Bonchev–Trinajstić information content (AvgIpc) is 2.67. The molecule has 1 fully saturated rings. The third kappa shape index (κ3) is 6.11. The Morgan fingerprint density at radius 2 is 2.00 bits per heavy atom. The number of hydrogen-bond acceptors (Lipinski definition) is 4. The van der Waals surface area contributed by atoms with E-state index in [0.717, 1.165) is 47.9 Å². The van der Waals surface area contributed by atoms with Crippen molar-refractivity contribution in [1.82, 2.24) is 10.6 Å². The molecule has 146 valence electrons. The molecule has 0 aromatic heterocycles. The maximum absolute atomic E-state index is 6.04. The van der Waals surface area contributed by atoms with Gasteiger partial charge in [0.05, 0.1) is 11.6 Å². The molecule has 2 aromatic carbocycles. The predicted molar refractivity (Wildman–Crippen MR) is 114 cm³/mol. The molecule has 6 heteroatoms. The summed E-state index contributed by atoms with van der Waals surface area (Å²) in [5, 5.41) is 7.69. The fourth-order valence-electron chi connectivity index (χ4n) is 3.30. The zero-order valence-corrected chi connectivity index (χ0v) is 17.9. The lowest BCUT2D eigenvalue weighted by Crippen LogP contribution is -2.33. The highest BCUT2D eigenvalue weighted by Gasteiger charge is 2.14. The largest absolute Gasteiger partial charge is 0.493 e. The van der Waals surface area contributed by atoms with E-state index < -0.39 is 0 Å². The van der Waals surface area contributed by atoms with Crippen LogP contribution in [0.1, 0.15) is 24.0 Å². The Kier molecular flexibility index (Phi) is 7.82. The van der Waals surface area contributed by atoms with E-state index >= 15 is 0 Å². The normalized spacial score (nSPS) is 14.9. The molecule has 3 rings (SSSR count). The number of benzene rings is 2. The Morgan fingerprint density at radius 1 is 1.19 bits per heavy atom. The van der Waals surface area contributed by atoms with Gasteiger partial charge in [-0.05, 0) is 89.7 Å². The molecule has 2 aromatic rings. The standard InChI is InChI=1S/C21H26BrClN2O2/c1-26-20-11-17(13-25-12-15-5-7-24-8-6-15)10-19(22)21(20)27-14-16-3-2-4-18(23)9-16/h2-4,9-11,15,24-25H,5-8,12-14H2,1H3. The number of halogens is 2. The molecule has 27 heavy (non-hydrogen) atoms. The van der Waals surface area contributed by atoms with Crippen molar-refractivity contribution in [3.63, 3.8) is 0 Å². The lowest BCUT2D eigenvalue weighted by molar-refractivity contribution is 0.282. The molecule has 4 nitrogen and oxygen atoms in total. The molecule has 0 spiro atoms. The Bertz CT molecular complexity index is 751. The molecule has 0 radical (unpaired) electrons. The number of methoxy groups -OCH3 is 1. The minimum Gasteiger partial charge on any atom is -0.493 e. The zero-order valence-electron chi connectivity index (χ0n) is 15.6. The van der Waals surface area contributed by atoms with Gasteiger partial charge in [0.2, 0.25) is 0 Å². The second-order valence-corrected chi connectivity index (χ2v) is 8.14. The summed E-state index contributed by atoms with van der Waals surface area (Å²) < 4.78 is 12.4. The van der Waals surface area contributed by atoms with E-state index in [2.05, 4.69) is 32.6 Å². The van der Waals surface area contributed by atoms with E-state index in [1.165, 1.54) is 18.4 Å². The van der Waals surface area contributed by atoms with E-state index in [1.54, 1.807) is 7.11 Å². The highest BCUT2D eigenvalue weighted by Crippen LogP contribution is 2.37. The highest BCUT2D eigenvalue weighted by atomic mass is 79.9. The predicted octanol–water partition coefficient (Wildman–Crippen LogP) is 4.78. The fraction of sp³-hybridized carbons (Fsp3) is 0.429. The van der Waals surface area contributed by atoms with E-state index in [1.807, 2.05) is 30.3 Å². The van der Waals surface area contributed by atoms with E-state index in [0.29, 0.717) is 17.4 Å². The molecule has 0 unspecified atom stereocenters. The van der Waals surface area contributed by atoms with Crippen LogP contribution in [-0.4, -0.2) is 26.7 Å². The lowest BCUT2D eigenvalue weighted by Gasteiger charge is -2.23. The van der Waals surface area contributed by atoms with Crippen LogP contribution in [0.5, 0.6) is 11.5 Å². The Hall–Kier alpha value is -1.27. The van der Waals surface area contributed by atoms with Gasteiger partial charge in [-0.15, -0.1) is 0 Å². The van der Waals surface area contributed by atoms with Crippen LogP contribution in [0, 0.1) is 5.92 Å². The number of nitrogens with one attached hydrogen (secondary N) is 2. The summed E-state index contributed by atoms with van der Waals surface area (Å²) in [6.07, 6.45) is 2.49. The SMILES string of the molecule is COc1cc(CNCC2CCNCC2)cc(Br)c1OCc1cccc(Cl)c1. The first kappa shape index (κ1) is 20.5. The maximum atomic E-state index is 6.04. The number of piperidine rings is 1. The van der Waals surface area contributed by atoms with Crippen LogP contribution in [0.15, 0.2) is 40.9 Å². The molecule has 0 atom stereocenters. The molecule has 0 amide bonds. The zero-order chi connectivity index (χ0) is 19.1. The third-order valence-electron chi connectivity index (χ3n) is 4.78. The summed E-state index contributed by atoms with van der Waals surface area (Å²) in [5.74, 6) is 2.20. The molecule has 1 aliphatic rings. The van der Waals surface area contributed by atoms with E-state index in [9.17, 15) is 0 Å². The van der Waals surface area contributed by atoms with Gasteiger partial charge in [-0.3, -0.25) is 0 Å². The number of rotatable bonds is 8. The molecule has 0 aliphatic carbocycles. The van der Waals surface area contributed by atoms with Crippen LogP contribution < -0.4 is 20.1 Å². The Morgan fingerprint density at radius 3 is 2.74 bits per heavy atom. The summed E-state index contributed by atoms with van der Waals surface area (Å²) in [6.45, 7) is 4.56. The summed E-state index contributed by atoms with van der Waals surface area (Å²) in [6, 6.07) is 11.8. The van der Waals surface area contributed by atoms with Crippen molar-refractivity contribution >= 4 is 27.5 Å². The van der Waals surface area contributed by atoms with Crippen LogP contribution in [-0.2, 0) is 13.2 Å². The average molecular weight is 454 g/mol. The first-order valence-corrected chi connectivity index (χ1v) is 10.5. The fourth-order valence-corrected chi connectivity index (χ4v) is 4.12. The van der Waals surface area contributed by atoms with Crippen molar-refractivity contribution in [2.45, 2.75) is 26.0 Å². The Balaban J connectivity index is 1.60. The smallest absolute Gasteiger partial charge is 0.175 e. The molecular weight excluding hydrogens is 428 g/mol. The quantitative estimate of drug-likeness (QED) is 0.604. The first-order chi connectivity index (χ1) is 13.2. The minimum absolute atomic E-state index is 0.433. The van der Waals surface area contributed by atoms with Crippen LogP contribution >= 0.6 is 27.5 Å². The van der Waals surface area contributed by atoms with Gasteiger partial charge in [0.15, 0.2) is 11.5 Å². The van der Waals surface area contributed by atoms with Gasteiger partial charge in [-0.25, -0.2) is 0 Å². The van der Waals surface area contributed by atoms with Crippen molar-refractivity contribution in [2.75, 3.05) is 26.7 Å². The van der Waals surface area contributed by atoms with Gasteiger partial charge in [-0.2, -0.15) is 0 Å². The summed E-state index contributed by atoms with van der Waals surface area (Å²) in [7, 11) is 1.67. The summed E-state index contributed by atoms with van der Waals surface area (Å²) in [4.78, 5) is 0. The van der Waals surface area contributed by atoms with Gasteiger partial charge >= 0.3 is 0 Å². The molecular formula is C21H26BrClN2O2. The van der Waals surface area contributed by atoms with E-state index in [-0.39, 0.29) is 0 Å². The van der Waals surface area contributed by atoms with Crippen LogP contribution in [0.4, 0.5) is 0 Å². The van der Waals surface area contributed by atoms with Crippen molar-refractivity contribution in [1.29, 1.82) is 0 Å². The number of hydrogen-bond donors (Lipinski definition) is 2. The molecule has 1 saturated heterocycles. The van der Waals surface area contributed by atoms with Crippen LogP contribution in [0.3, 0.4) is 0 Å². The van der Waals surface area contributed by atoms with Gasteiger partial charge in [0.25, 0.3) is 0 Å². The Labute approximate surface area is 174 Å². The van der Waals surface area contributed by atoms with Crippen molar-refractivity contribution in [3.05, 3.63) is 57.0 Å². The van der Waals surface area contributed by atoms with Crippen LogP contribution in [0.2, 0.25) is 5.02 Å². The minimum atomic E-state index is 0.433. The van der Waals surface area contributed by atoms with Gasteiger partial charge in [-0.1, -0.05) is 23.7 Å². The molecule has 2 N–H and O–H groups in total. The summed E-state index contributed by atoms with van der Waals surface area (Å²) >= 11 is 9.67. The summed E-state index contributed by atoms with van der Waals surface area (Å²) in [5.41, 5.74) is 2.19. The van der Waals surface area contributed by atoms with Crippen molar-refractivity contribution < 1.29 is 9.47 Å². The molecule has 1 heterocycles. The topological polar surface area (TPSA) is 42.5 Å². The van der Waals surface area contributed by atoms with Gasteiger partial charge in [0, 0.05) is 11.6 Å². The molecule has 1 aliphatic heterocycles. The van der Waals surface area contributed by atoms with Gasteiger partial charge < -0.3 is 20.1 Å². The second kappa shape index (κ2) is 10.3. The maximum Gasteiger partial charge on any atom is 0.175 e. The second-order valence-electron chi connectivity index (χ2n) is 6.85. The lowest BCUT2D eigenvalue weighted by atomic mass is 9.98. The van der Waals surface area contributed by atoms with Crippen molar-refractivity contribution in [3.8, 4) is 11.5 Å². The van der Waals surface area contributed by atoms with E-state index in [4.69, 9.17) is 21.1 Å². The van der Waals surface area contributed by atoms with Gasteiger partial charge in [0.1, 0.15) is 6.61 Å². The third-order valence-corrected chi connectivity index (χ3v) is 5.61. The molecule has 0 bridgehead atoms. The highest BCUT2D eigenvalue weighted by molar-refractivity contribution is 9.10. The van der Waals surface area contributed by atoms with Crippen molar-refractivity contribution in [2.24, 2.45) is 5.92 Å². The monoisotopic (exact) mass is 452 g/mol. The van der Waals surface area contributed by atoms with Crippen LogP contribution in [0.25, 0.3) is 0 Å².